The first-order chi connectivity index (χ1) is 38.5. The van der Waals surface area contributed by atoms with E-state index in [0.717, 1.165) is 37.7 Å². The molecular weight excluding hydrogens is 1020 g/mol. The summed E-state index contributed by atoms with van der Waals surface area (Å²) >= 11 is 0. The third-order valence-electron chi connectivity index (χ3n) is 13.0. The van der Waals surface area contributed by atoms with E-state index in [9.17, 15) is 38.7 Å². The fourth-order valence-electron chi connectivity index (χ4n) is 8.78. The lowest BCUT2D eigenvalue weighted by molar-refractivity contribution is -0.132. The molecule has 1 aliphatic heterocycles. The molecule has 7 amide bonds. The van der Waals surface area contributed by atoms with Crippen molar-refractivity contribution in [2.45, 2.75) is 143 Å². The Morgan fingerprint density at radius 1 is 0.738 bits per heavy atom. The molecule has 1 aromatic heterocycles. The van der Waals surface area contributed by atoms with Crippen LogP contribution in [0.25, 0.3) is 6.08 Å². The van der Waals surface area contributed by atoms with Crippen LogP contribution in [0.1, 0.15) is 131 Å². The Morgan fingerprint density at radius 2 is 1.48 bits per heavy atom. The number of amidine groups is 1. The van der Waals surface area contributed by atoms with Crippen molar-refractivity contribution in [1.82, 2.24) is 36.5 Å². The van der Waals surface area contributed by atoms with Crippen LogP contribution in [-0.2, 0) is 48.3 Å². The second-order valence-electron chi connectivity index (χ2n) is 20.1. The van der Waals surface area contributed by atoms with Crippen LogP contribution in [0.3, 0.4) is 0 Å². The summed E-state index contributed by atoms with van der Waals surface area (Å²) in [4.78, 5) is 105. The molecule has 21 nitrogen and oxygen atoms in total. The van der Waals surface area contributed by atoms with Crippen LogP contribution < -0.4 is 48.7 Å². The maximum absolute atomic E-state index is 13.8. The third kappa shape index (κ3) is 21.0. The molecule has 80 heavy (non-hydrogen) atoms. The van der Waals surface area contributed by atoms with Crippen LogP contribution in [0.4, 0.5) is 21.9 Å². The maximum atomic E-state index is 13.8. The Hall–Kier alpha value is -8.01. The van der Waals surface area contributed by atoms with Gasteiger partial charge < -0.3 is 52.4 Å². The topological polar surface area (TPSA) is 314 Å². The van der Waals surface area contributed by atoms with Gasteiger partial charge in [0.1, 0.15) is 30.6 Å². The van der Waals surface area contributed by atoms with Gasteiger partial charge in [0.05, 0.1) is 17.6 Å². The van der Waals surface area contributed by atoms with Gasteiger partial charge >= 0.3 is 6.09 Å². The predicted octanol–water partition coefficient (Wildman–Crippen LogP) is 6.05. The van der Waals surface area contributed by atoms with Gasteiger partial charge in [-0.3, -0.25) is 44.8 Å². The lowest BCUT2D eigenvalue weighted by atomic mass is 10.0. The number of hydrogen-bond donors (Lipinski definition) is 10. The van der Waals surface area contributed by atoms with Gasteiger partial charge in [0, 0.05) is 67.5 Å². The molecule has 1 aliphatic rings. The molecule has 4 unspecified atom stereocenters. The van der Waals surface area contributed by atoms with Crippen LogP contribution in [-0.4, -0.2) is 106 Å². The third-order valence-corrected chi connectivity index (χ3v) is 13.0. The molecule has 12 N–H and O–H groups in total. The number of benzene rings is 3. The average Bonchev–Trinajstić information content (AvgIpc) is 3.65. The summed E-state index contributed by atoms with van der Waals surface area (Å²) in [5, 5.41) is 29.0. The van der Waals surface area contributed by atoms with Gasteiger partial charge in [-0.05, 0) is 97.7 Å². The number of fused-ring (bicyclic) bond motifs is 1. The van der Waals surface area contributed by atoms with Crippen molar-refractivity contribution in [1.29, 1.82) is 0 Å². The zero-order chi connectivity index (χ0) is 58.0. The molecule has 0 saturated heterocycles. The van der Waals surface area contributed by atoms with E-state index in [1.807, 2.05) is 62.9 Å². The number of alkyl carbamates (subject to hydrolysis) is 1. The normalized spacial score (nSPS) is 13.4. The van der Waals surface area contributed by atoms with E-state index in [0.29, 0.717) is 77.2 Å². The number of hydrogen-bond acceptors (Lipinski definition) is 14. The van der Waals surface area contributed by atoms with Crippen LogP contribution in [0.5, 0.6) is 0 Å². The molecule has 0 saturated carbocycles. The first kappa shape index (κ1) is 62.8. The summed E-state index contributed by atoms with van der Waals surface area (Å²) in [7, 11) is 0. The van der Waals surface area contributed by atoms with E-state index in [-0.39, 0.29) is 62.5 Å². The highest BCUT2D eigenvalue weighted by molar-refractivity contribution is 6.08. The molecule has 4 atom stereocenters. The Morgan fingerprint density at radius 3 is 2.16 bits per heavy atom. The lowest BCUT2D eigenvalue weighted by Crippen LogP contribution is -2.54. The molecule has 5 rings (SSSR count). The van der Waals surface area contributed by atoms with E-state index in [1.54, 1.807) is 60.8 Å². The van der Waals surface area contributed by atoms with Crippen LogP contribution in [0.15, 0.2) is 102 Å². The number of aliphatic hydroxyl groups excluding tert-OH is 1. The molecule has 21 heteroatoms. The number of aliphatic hydroxyl groups is 1. The number of amides is 7. The SMILES string of the molecule is CCCCCCC(=O)NC(C(=O)NC(CCCNC(N)O)C(=O)Nc1ccc(COC(=O)NC(Cc2ccccc2)C(=O)NCc2cncc(NC(=O)c3ccc4c(c3)N=C(N)CC(C(=O)N(CCC)CCC)=C4)c2)cc1)C(C)C. The van der Waals surface area contributed by atoms with E-state index < -0.39 is 54.2 Å². The first-order valence-electron chi connectivity index (χ1n) is 27.6. The van der Waals surface area contributed by atoms with Gasteiger partial charge in [-0.1, -0.05) is 102 Å². The minimum atomic E-state index is -1.25. The van der Waals surface area contributed by atoms with Crippen LogP contribution in [0.2, 0.25) is 0 Å². The van der Waals surface area contributed by atoms with Crippen molar-refractivity contribution in [2.24, 2.45) is 22.4 Å². The monoisotopic (exact) mass is 1100 g/mol. The maximum Gasteiger partial charge on any atom is 0.408 e. The van der Waals surface area contributed by atoms with Crippen molar-refractivity contribution in [3.8, 4) is 0 Å². The summed E-state index contributed by atoms with van der Waals surface area (Å²) in [6, 6.07) is 19.4. The van der Waals surface area contributed by atoms with Gasteiger partial charge in [-0.25, -0.2) is 9.79 Å². The number of anilines is 2. The van der Waals surface area contributed by atoms with Gasteiger partial charge in [0.15, 0.2) is 6.35 Å². The Kier molecular flexibility index (Phi) is 25.7. The van der Waals surface area contributed by atoms with Crippen LogP contribution in [0, 0.1) is 5.92 Å². The summed E-state index contributed by atoms with van der Waals surface area (Å²) in [6.45, 7) is 11.1. The van der Waals surface area contributed by atoms with E-state index in [4.69, 9.17) is 16.2 Å². The van der Waals surface area contributed by atoms with Gasteiger partial charge in [0.25, 0.3) is 5.91 Å². The summed E-state index contributed by atoms with van der Waals surface area (Å²) in [5.41, 5.74) is 16.3. The smallest absolute Gasteiger partial charge is 0.408 e. The second-order valence-corrected chi connectivity index (χ2v) is 20.1. The zero-order valence-corrected chi connectivity index (χ0v) is 46.6. The number of nitrogens with one attached hydrogen (secondary N) is 7. The lowest BCUT2D eigenvalue weighted by Gasteiger charge is -2.25. The Balaban J connectivity index is 1.17. The number of ether oxygens (including phenoxy) is 1. The number of aliphatic imine (C=N–C) groups is 1. The number of nitrogens with two attached hydrogens (primary N) is 2. The number of carbonyl (C=O) groups excluding carboxylic acids is 7. The highest BCUT2D eigenvalue weighted by Gasteiger charge is 2.29. The van der Waals surface area contributed by atoms with Crippen molar-refractivity contribution in [3.05, 3.63) is 125 Å². The Labute approximate surface area is 468 Å². The molecule has 4 aromatic rings. The molecule has 0 fully saturated rings. The largest absolute Gasteiger partial charge is 0.445 e. The molecular formula is C59H80N12O9. The minimum absolute atomic E-state index is 0.00724. The highest BCUT2D eigenvalue weighted by atomic mass is 16.5. The molecule has 2 heterocycles. The predicted molar refractivity (Wildman–Crippen MR) is 309 cm³/mol. The van der Waals surface area contributed by atoms with Crippen molar-refractivity contribution < 1.29 is 43.4 Å². The number of nitrogens with zero attached hydrogens (tertiary/aromatic N) is 3. The molecule has 0 bridgehead atoms. The fraction of sp³-hybridized carbons (Fsp3) is 0.441. The summed E-state index contributed by atoms with van der Waals surface area (Å²) in [6.07, 6.45) is 9.21. The Bertz CT molecular complexity index is 2760. The van der Waals surface area contributed by atoms with E-state index in [2.05, 4.69) is 54.1 Å². The van der Waals surface area contributed by atoms with Crippen molar-refractivity contribution in [3.63, 3.8) is 0 Å². The highest BCUT2D eigenvalue weighted by Crippen LogP contribution is 2.29. The molecule has 430 valence electrons. The number of rotatable bonds is 31. The first-order valence-corrected chi connectivity index (χ1v) is 27.6. The van der Waals surface area contributed by atoms with Gasteiger partial charge in [-0.15, -0.1) is 0 Å². The minimum Gasteiger partial charge on any atom is -0.445 e. The quantitative estimate of drug-likeness (QED) is 0.0203. The fourth-order valence-corrected chi connectivity index (χ4v) is 8.78. The number of unbranched alkanes of at least 4 members (excludes halogenated alkanes) is 3. The van der Waals surface area contributed by atoms with Crippen LogP contribution >= 0.6 is 0 Å². The molecule has 0 spiro atoms. The standard InChI is InChI=1S/C59H80N12O9/c1-6-9-10-14-19-51(72)70-52(38(4)5)56(76)68-47(18-15-26-63-58(61)78)55(75)65-45-24-20-40(21-25-45)37-80-59(79)69-49(30-39-16-12-11-13-17-39)54(74)64-35-41-29-46(36-62-34-41)66-53(73)43-23-22-42-31-44(33-50(60)67-48(42)32-43)57(77)71(27-7-2)28-8-3/h11-13,16-17,20-25,29,31-32,34,36,38,47,49,52,58,63,78H,6-10,14-15,18-19,26-28,30,33,35,37,61H2,1-5H3,(H2,60,67)(H,64,74)(H,65,75)(H,66,73)(H,68,76)(H,69,79)(H,70,72). The van der Waals surface area contributed by atoms with Crippen molar-refractivity contribution >= 4 is 70.5 Å². The number of pyridine rings is 1. The summed E-state index contributed by atoms with van der Waals surface area (Å²) < 4.78 is 5.55. The van der Waals surface area contributed by atoms with E-state index in [1.165, 1.54) is 6.20 Å². The summed E-state index contributed by atoms with van der Waals surface area (Å²) in [5.74, 6) is -2.27. The molecule has 3 aromatic carbocycles. The molecule has 0 aliphatic carbocycles. The van der Waals surface area contributed by atoms with Gasteiger partial charge in [-0.2, -0.15) is 0 Å². The number of carbonyl (C=O) groups is 7. The van der Waals surface area contributed by atoms with E-state index >= 15 is 0 Å². The number of aromatic nitrogens is 1. The second kappa shape index (κ2) is 32.8. The van der Waals surface area contributed by atoms with Crippen molar-refractivity contribution in [2.75, 3.05) is 30.3 Å². The molecule has 0 radical (unpaired) electrons. The van der Waals surface area contributed by atoms with Gasteiger partial charge in [0.2, 0.25) is 29.5 Å². The average molecular weight is 1100 g/mol. The zero-order valence-electron chi connectivity index (χ0n) is 46.6.